The third-order valence-corrected chi connectivity index (χ3v) is 8.75. The van der Waals surface area contributed by atoms with Crippen LogP contribution in [0.25, 0.3) is 10.9 Å². The fraction of sp³-hybridized carbons (Fsp3) is 0.250. The van der Waals surface area contributed by atoms with E-state index >= 15 is 0 Å². The van der Waals surface area contributed by atoms with Gasteiger partial charge >= 0.3 is 0 Å². The average molecular weight is 813 g/mol. The summed E-state index contributed by atoms with van der Waals surface area (Å²) in [5.74, 6) is 1.60. The van der Waals surface area contributed by atoms with Crippen LogP contribution in [0.15, 0.2) is 69.0 Å². The van der Waals surface area contributed by atoms with Crippen LogP contribution in [0, 0.1) is 17.3 Å². The number of ether oxygens (including phenoxy) is 1. The molecule has 0 amide bonds. The lowest BCUT2D eigenvalue weighted by atomic mass is 9.88. The second-order valence-electron chi connectivity index (χ2n) is 9.36. The van der Waals surface area contributed by atoms with E-state index in [1.165, 1.54) is 23.2 Å². The van der Waals surface area contributed by atoms with Gasteiger partial charge in [-0.2, -0.15) is 9.78 Å². The van der Waals surface area contributed by atoms with Gasteiger partial charge in [0.15, 0.2) is 0 Å². The Morgan fingerprint density at radius 3 is 2.56 bits per heavy atom. The number of non-ortho nitro benzene ring substituents is 1. The summed E-state index contributed by atoms with van der Waals surface area (Å²) in [4.78, 5) is 29.1. The van der Waals surface area contributed by atoms with Gasteiger partial charge in [0.25, 0.3) is 11.2 Å². The van der Waals surface area contributed by atoms with Crippen LogP contribution in [0.1, 0.15) is 55.0 Å². The number of benzene rings is 3. The van der Waals surface area contributed by atoms with Crippen molar-refractivity contribution in [3.63, 3.8) is 0 Å². The molecule has 1 saturated carbocycles. The zero-order valence-corrected chi connectivity index (χ0v) is 26.6. The predicted molar refractivity (Wildman–Crippen MR) is 172 cm³/mol. The van der Waals surface area contributed by atoms with E-state index in [4.69, 9.17) is 9.72 Å². The number of aromatic nitrogens is 2. The van der Waals surface area contributed by atoms with Crippen molar-refractivity contribution in [1.82, 2.24) is 9.66 Å². The average Bonchev–Trinajstić information content (AvgIpc) is 2.93. The molecule has 4 aromatic rings. The smallest absolute Gasteiger partial charge is 0.282 e. The van der Waals surface area contributed by atoms with E-state index in [2.05, 4.69) is 66.2 Å². The van der Waals surface area contributed by atoms with Gasteiger partial charge in [0.2, 0.25) is 0 Å². The van der Waals surface area contributed by atoms with E-state index in [1.54, 1.807) is 24.4 Å². The molecule has 1 aromatic heterocycles. The first kappa shape index (κ1) is 28.1. The lowest BCUT2D eigenvalue weighted by molar-refractivity contribution is -0.384. The van der Waals surface area contributed by atoms with Crippen molar-refractivity contribution in [2.24, 2.45) is 5.10 Å². The summed E-state index contributed by atoms with van der Waals surface area (Å²) in [5.41, 5.74) is 2.07. The Bertz CT molecular complexity index is 1630. The number of rotatable bonds is 7. The molecule has 1 aliphatic carbocycles. The molecule has 5 rings (SSSR count). The van der Waals surface area contributed by atoms with Gasteiger partial charge in [-0.25, -0.2) is 4.98 Å². The molecular weight excluding hydrogens is 790 g/mol. The van der Waals surface area contributed by atoms with E-state index < -0.39 is 4.92 Å². The highest BCUT2D eigenvalue weighted by Crippen LogP contribution is 2.33. The van der Waals surface area contributed by atoms with E-state index in [0.29, 0.717) is 28.0 Å². The highest BCUT2D eigenvalue weighted by atomic mass is 127. The van der Waals surface area contributed by atoms with Crippen LogP contribution in [0.2, 0.25) is 0 Å². The van der Waals surface area contributed by atoms with Crippen LogP contribution >= 0.6 is 61.1 Å². The molecule has 1 fully saturated rings. The maximum absolute atomic E-state index is 13.6. The van der Waals surface area contributed by atoms with Gasteiger partial charge < -0.3 is 4.74 Å². The van der Waals surface area contributed by atoms with Gasteiger partial charge in [0.1, 0.15) is 18.2 Å². The summed E-state index contributed by atoms with van der Waals surface area (Å²) >= 11 is 7.87. The molecule has 0 bridgehead atoms. The summed E-state index contributed by atoms with van der Waals surface area (Å²) in [6, 6.07) is 15.9. The Labute approximate surface area is 260 Å². The molecule has 0 N–H and O–H groups in total. The molecular formula is C28H23BrI2N4O4. The van der Waals surface area contributed by atoms with Gasteiger partial charge in [0.05, 0.1) is 29.2 Å². The maximum Gasteiger partial charge on any atom is 0.282 e. The first-order valence-corrected chi connectivity index (χ1v) is 15.4. The van der Waals surface area contributed by atoms with Crippen LogP contribution in [-0.4, -0.2) is 20.8 Å². The summed E-state index contributed by atoms with van der Waals surface area (Å²) < 4.78 is 10.1. The highest BCUT2D eigenvalue weighted by molar-refractivity contribution is 14.1. The van der Waals surface area contributed by atoms with Gasteiger partial charge in [-0.05, 0) is 99.5 Å². The van der Waals surface area contributed by atoms with Crippen molar-refractivity contribution in [2.75, 3.05) is 0 Å². The summed E-state index contributed by atoms with van der Waals surface area (Å²) in [7, 11) is 0. The first-order chi connectivity index (χ1) is 18.8. The predicted octanol–water partition coefficient (Wildman–Crippen LogP) is 7.79. The lowest BCUT2D eigenvalue weighted by Gasteiger charge is -2.22. The second-order valence-corrected chi connectivity index (χ2v) is 12.6. The molecule has 39 heavy (non-hydrogen) atoms. The molecule has 0 unspecified atom stereocenters. The number of fused-ring (bicyclic) bond motifs is 1. The van der Waals surface area contributed by atoms with E-state index in [9.17, 15) is 14.9 Å². The van der Waals surface area contributed by atoms with E-state index in [0.717, 1.165) is 42.9 Å². The number of nitrogens with zero attached hydrogens (tertiary/aromatic N) is 4. The molecule has 0 saturated heterocycles. The normalized spacial score (nSPS) is 14.2. The SMILES string of the molecule is O=c1c2cc(Br)ccc2nc(C2CCCCC2)n1N=Cc1cc(I)c(OCc2cccc([N+](=O)[O-])c2)c(I)c1. The minimum Gasteiger partial charge on any atom is -0.487 e. The fourth-order valence-electron chi connectivity index (χ4n) is 4.73. The van der Waals surface area contributed by atoms with Crippen molar-refractivity contribution in [1.29, 1.82) is 0 Å². The Balaban J connectivity index is 1.45. The maximum atomic E-state index is 13.6. The summed E-state index contributed by atoms with van der Waals surface area (Å²) in [5, 5.41) is 16.2. The third kappa shape index (κ3) is 6.51. The van der Waals surface area contributed by atoms with Crippen molar-refractivity contribution < 1.29 is 9.66 Å². The van der Waals surface area contributed by atoms with Crippen molar-refractivity contribution in [3.8, 4) is 5.75 Å². The zero-order valence-electron chi connectivity index (χ0n) is 20.6. The Morgan fingerprint density at radius 2 is 1.85 bits per heavy atom. The van der Waals surface area contributed by atoms with Crippen molar-refractivity contribution in [3.05, 3.63) is 104 Å². The van der Waals surface area contributed by atoms with Crippen LogP contribution in [0.5, 0.6) is 5.75 Å². The van der Waals surface area contributed by atoms with E-state index in [-0.39, 0.29) is 23.8 Å². The van der Waals surface area contributed by atoms with Crippen molar-refractivity contribution in [2.45, 2.75) is 44.6 Å². The van der Waals surface area contributed by atoms with Gasteiger partial charge in [-0.3, -0.25) is 14.9 Å². The Kier molecular flexibility index (Phi) is 8.96. The first-order valence-electron chi connectivity index (χ1n) is 12.4. The quantitative estimate of drug-likeness (QED) is 0.0822. The topological polar surface area (TPSA) is 99.6 Å². The minimum absolute atomic E-state index is 0.0328. The van der Waals surface area contributed by atoms with Crippen LogP contribution < -0.4 is 10.3 Å². The van der Waals surface area contributed by atoms with E-state index in [1.807, 2.05) is 24.3 Å². The number of nitro benzene ring substituents is 1. The molecule has 0 spiro atoms. The molecule has 3 aromatic carbocycles. The monoisotopic (exact) mass is 812 g/mol. The molecule has 200 valence electrons. The standard InChI is InChI=1S/C28H23BrI2N4O4/c29-20-9-10-25-22(14-20)28(36)34(27(33-25)19-6-2-1-3-7-19)32-15-18-12-23(30)26(24(31)13-18)39-16-17-5-4-8-21(11-17)35(37)38/h4-5,8-15,19H,1-3,6-7,16H2. The number of hydrogen-bond donors (Lipinski definition) is 0. The molecule has 11 heteroatoms. The fourth-order valence-corrected chi connectivity index (χ4v) is 7.22. The largest absolute Gasteiger partial charge is 0.487 e. The zero-order chi connectivity index (χ0) is 27.5. The van der Waals surface area contributed by atoms with Crippen LogP contribution in [0.3, 0.4) is 0 Å². The highest BCUT2D eigenvalue weighted by Gasteiger charge is 2.22. The summed E-state index contributed by atoms with van der Waals surface area (Å²) in [6.45, 7) is 0.208. The summed E-state index contributed by atoms with van der Waals surface area (Å²) in [6.07, 6.45) is 7.13. The van der Waals surface area contributed by atoms with Crippen LogP contribution in [0.4, 0.5) is 5.69 Å². The number of halogens is 3. The molecule has 8 nitrogen and oxygen atoms in total. The molecule has 1 aliphatic rings. The number of hydrogen-bond acceptors (Lipinski definition) is 6. The third-order valence-electron chi connectivity index (χ3n) is 6.65. The second kappa shape index (κ2) is 12.4. The van der Waals surface area contributed by atoms with Gasteiger partial charge in [-0.15, -0.1) is 0 Å². The molecule has 1 heterocycles. The Morgan fingerprint density at radius 1 is 1.10 bits per heavy atom. The molecule has 0 radical (unpaired) electrons. The molecule has 0 aliphatic heterocycles. The van der Waals surface area contributed by atoms with Crippen LogP contribution in [-0.2, 0) is 6.61 Å². The molecule has 0 atom stereocenters. The van der Waals surface area contributed by atoms with Gasteiger partial charge in [-0.1, -0.05) is 47.3 Å². The van der Waals surface area contributed by atoms with Gasteiger partial charge in [0, 0.05) is 22.5 Å². The minimum atomic E-state index is -0.417. The number of nitro groups is 1. The lowest BCUT2D eigenvalue weighted by Crippen LogP contribution is -2.25. The van der Waals surface area contributed by atoms with Crippen molar-refractivity contribution >= 4 is 83.9 Å². The Hall–Kier alpha value is -2.39.